The zero-order valence-corrected chi connectivity index (χ0v) is 12.5. The first-order chi connectivity index (χ1) is 9.88. The first-order valence-corrected chi connectivity index (χ1v) is 8.22. The molecule has 21 heavy (non-hydrogen) atoms. The fourth-order valence-electron chi connectivity index (χ4n) is 2.09. The third-order valence-electron chi connectivity index (χ3n) is 3.13. The fourth-order valence-corrected chi connectivity index (χ4v) is 3.36. The Balaban J connectivity index is 2.08. The molecule has 0 saturated carbocycles. The summed E-state index contributed by atoms with van der Waals surface area (Å²) >= 11 is 0. The quantitative estimate of drug-likeness (QED) is 0.545. The van der Waals surface area contributed by atoms with Gasteiger partial charge in [0.1, 0.15) is 16.7 Å². The van der Waals surface area contributed by atoms with Crippen LogP contribution >= 0.6 is 10.8 Å². The molecule has 0 radical (unpaired) electrons. The van der Waals surface area contributed by atoms with E-state index in [9.17, 15) is 13.9 Å². The van der Waals surface area contributed by atoms with Gasteiger partial charge < -0.3 is 15.2 Å². The van der Waals surface area contributed by atoms with Gasteiger partial charge in [-0.15, -0.1) is 10.8 Å². The summed E-state index contributed by atoms with van der Waals surface area (Å²) in [5.41, 5.74) is 0.963. The van der Waals surface area contributed by atoms with Crippen molar-refractivity contribution in [2.24, 2.45) is 0 Å². The molecule has 1 aliphatic rings. The molecule has 0 fully saturated rings. The highest BCUT2D eigenvalue weighted by molar-refractivity contribution is 8.22. The Morgan fingerprint density at radius 2 is 2.29 bits per heavy atom. The van der Waals surface area contributed by atoms with Crippen LogP contribution in [0.1, 0.15) is 18.9 Å². The number of hydrogen-bond acceptors (Lipinski definition) is 5. The van der Waals surface area contributed by atoms with Crippen molar-refractivity contribution in [1.82, 2.24) is 10.0 Å². The summed E-state index contributed by atoms with van der Waals surface area (Å²) in [4.78, 5) is 10.7. The lowest BCUT2D eigenvalue weighted by molar-refractivity contribution is 0.194. The lowest BCUT2D eigenvalue weighted by Gasteiger charge is -2.31. The van der Waals surface area contributed by atoms with Gasteiger partial charge in [-0.1, -0.05) is 6.07 Å². The third kappa shape index (κ3) is 4.24. The summed E-state index contributed by atoms with van der Waals surface area (Å²) < 4.78 is 28.5. The van der Waals surface area contributed by atoms with E-state index in [1.165, 1.54) is 0 Å². The van der Waals surface area contributed by atoms with Crippen LogP contribution in [0.25, 0.3) is 0 Å². The van der Waals surface area contributed by atoms with Crippen LogP contribution in [0.5, 0.6) is 5.75 Å². The molecule has 118 valence electrons. The van der Waals surface area contributed by atoms with Gasteiger partial charge in [0, 0.05) is 6.54 Å². The number of nitrogens with one attached hydrogen (secondary N) is 2. The van der Waals surface area contributed by atoms with Crippen LogP contribution in [0.15, 0.2) is 23.1 Å². The van der Waals surface area contributed by atoms with Gasteiger partial charge >= 0.3 is 6.09 Å². The lowest BCUT2D eigenvalue weighted by atomic mass is 10.1. The van der Waals surface area contributed by atoms with Crippen molar-refractivity contribution in [3.8, 4) is 5.75 Å². The largest absolute Gasteiger partial charge is 0.487 e. The van der Waals surface area contributed by atoms with E-state index in [0.29, 0.717) is 36.6 Å². The zero-order chi connectivity index (χ0) is 15.5. The number of aryl methyl sites for hydroxylation is 1. The molecule has 1 aromatic carbocycles. The van der Waals surface area contributed by atoms with E-state index in [4.69, 9.17) is 9.84 Å². The maximum absolute atomic E-state index is 10.4. The zero-order valence-electron chi connectivity index (χ0n) is 11.7. The van der Waals surface area contributed by atoms with Gasteiger partial charge in [-0.05, 0) is 37.5 Å². The highest BCUT2D eigenvalue weighted by atomic mass is 32.3. The maximum atomic E-state index is 10.4. The molecular weight excluding hydrogens is 296 g/mol. The number of ether oxygens (including phenoxy) is 1. The molecule has 2 rings (SSSR count). The van der Waals surface area contributed by atoms with E-state index in [1.54, 1.807) is 18.2 Å². The van der Waals surface area contributed by atoms with E-state index in [-0.39, 0.29) is 6.10 Å². The Bertz CT molecular complexity index is 523. The van der Waals surface area contributed by atoms with Crippen LogP contribution in [-0.2, 0) is 6.42 Å². The Labute approximate surface area is 124 Å². The van der Waals surface area contributed by atoms with Gasteiger partial charge in [0.25, 0.3) is 0 Å². The first-order valence-electron chi connectivity index (χ1n) is 6.68. The molecule has 0 aliphatic carbocycles. The Morgan fingerprint density at radius 1 is 1.52 bits per heavy atom. The minimum atomic E-state index is -3.03. The van der Waals surface area contributed by atoms with Crippen molar-refractivity contribution < 1.29 is 23.7 Å². The number of carbonyl (C=O) groups is 1. The third-order valence-corrected chi connectivity index (χ3v) is 4.65. The SMILES string of the molecule is CC1CNS(O)(O)c2ccc(CCCNC(=O)O)cc2O1. The predicted molar refractivity (Wildman–Crippen MR) is 80.0 cm³/mol. The number of rotatable bonds is 4. The number of benzene rings is 1. The highest BCUT2D eigenvalue weighted by Crippen LogP contribution is 2.50. The van der Waals surface area contributed by atoms with Gasteiger partial charge in [0.2, 0.25) is 0 Å². The maximum Gasteiger partial charge on any atom is 0.404 e. The van der Waals surface area contributed by atoms with Crippen molar-refractivity contribution >= 4 is 16.9 Å². The molecule has 0 spiro atoms. The van der Waals surface area contributed by atoms with Gasteiger partial charge in [-0.3, -0.25) is 9.11 Å². The fraction of sp³-hybridized carbons (Fsp3) is 0.462. The van der Waals surface area contributed by atoms with Crippen LogP contribution < -0.4 is 14.8 Å². The van der Waals surface area contributed by atoms with Crippen LogP contribution in [-0.4, -0.2) is 39.5 Å². The van der Waals surface area contributed by atoms with Crippen molar-refractivity contribution in [3.63, 3.8) is 0 Å². The van der Waals surface area contributed by atoms with Crippen molar-refractivity contribution in [2.75, 3.05) is 13.1 Å². The molecule has 7 nitrogen and oxygen atoms in total. The second-order valence-electron chi connectivity index (χ2n) is 4.94. The van der Waals surface area contributed by atoms with E-state index in [1.807, 2.05) is 6.92 Å². The van der Waals surface area contributed by atoms with Gasteiger partial charge in [-0.25, -0.2) is 9.52 Å². The molecule has 1 aliphatic heterocycles. The number of fused-ring (bicyclic) bond motifs is 1. The molecule has 0 saturated heterocycles. The average molecular weight is 316 g/mol. The normalized spacial score (nSPS) is 21.6. The summed E-state index contributed by atoms with van der Waals surface area (Å²) in [6.07, 6.45) is 0.142. The summed E-state index contributed by atoms with van der Waals surface area (Å²) in [5.74, 6) is 0.469. The van der Waals surface area contributed by atoms with Crippen LogP contribution in [0.4, 0.5) is 4.79 Å². The van der Waals surface area contributed by atoms with Gasteiger partial charge in [-0.2, -0.15) is 0 Å². The summed E-state index contributed by atoms with van der Waals surface area (Å²) in [6, 6.07) is 5.23. The number of amides is 1. The van der Waals surface area contributed by atoms with Gasteiger partial charge in [0.05, 0.1) is 6.54 Å². The van der Waals surface area contributed by atoms with Gasteiger partial charge in [0.15, 0.2) is 0 Å². The number of carboxylic acid groups (broad SMARTS) is 1. The molecule has 0 aromatic heterocycles. The standard InChI is InChI=1S/C13H20N2O5S/c1-9-8-15-21(18,19)12-5-4-10(7-11(12)20-9)3-2-6-14-13(16)17/h4-5,7,9,14-15,18-19H,2-3,6,8H2,1H3,(H,16,17). The molecule has 5 N–H and O–H groups in total. The second-order valence-corrected chi connectivity index (χ2v) is 6.77. The predicted octanol–water partition coefficient (Wildman–Crippen LogP) is 2.28. The smallest absolute Gasteiger partial charge is 0.404 e. The first kappa shape index (κ1) is 15.9. The molecule has 0 bridgehead atoms. The van der Waals surface area contributed by atoms with E-state index < -0.39 is 16.9 Å². The Morgan fingerprint density at radius 3 is 3.00 bits per heavy atom. The Hall–Kier alpha value is -1.48. The van der Waals surface area contributed by atoms with Crippen molar-refractivity contribution in [3.05, 3.63) is 23.8 Å². The average Bonchev–Trinajstić information content (AvgIpc) is 2.51. The Kier molecular flexibility index (Phi) is 4.94. The van der Waals surface area contributed by atoms with Crippen LogP contribution in [0.3, 0.4) is 0 Å². The van der Waals surface area contributed by atoms with E-state index in [2.05, 4.69) is 10.0 Å². The van der Waals surface area contributed by atoms with E-state index in [0.717, 1.165) is 5.56 Å². The summed E-state index contributed by atoms with van der Waals surface area (Å²) in [6.45, 7) is 2.58. The molecule has 1 aromatic rings. The summed E-state index contributed by atoms with van der Waals surface area (Å²) in [5, 5.41) is 10.8. The molecular formula is C13H20N2O5S. The molecule has 8 heteroatoms. The van der Waals surface area contributed by atoms with Crippen LogP contribution in [0, 0.1) is 0 Å². The topological polar surface area (TPSA) is 111 Å². The van der Waals surface area contributed by atoms with E-state index >= 15 is 0 Å². The van der Waals surface area contributed by atoms with Crippen molar-refractivity contribution in [1.29, 1.82) is 0 Å². The summed E-state index contributed by atoms with van der Waals surface area (Å²) in [7, 11) is -3.03. The second kappa shape index (κ2) is 6.52. The minimum absolute atomic E-state index is 0.165. The molecule has 1 atom stereocenters. The molecule has 1 unspecified atom stereocenters. The monoisotopic (exact) mass is 316 g/mol. The van der Waals surface area contributed by atoms with Crippen molar-refractivity contribution in [2.45, 2.75) is 30.8 Å². The van der Waals surface area contributed by atoms with Crippen LogP contribution in [0.2, 0.25) is 0 Å². The molecule has 1 heterocycles. The highest BCUT2D eigenvalue weighted by Gasteiger charge is 2.26. The molecule has 1 amide bonds. The lowest BCUT2D eigenvalue weighted by Crippen LogP contribution is -2.27. The number of hydrogen-bond donors (Lipinski definition) is 5. The minimum Gasteiger partial charge on any atom is -0.487 e.